The molecule has 1 saturated heterocycles. The van der Waals surface area contributed by atoms with Gasteiger partial charge in [-0.3, -0.25) is 4.90 Å². The molecule has 0 bridgehead atoms. The van der Waals surface area contributed by atoms with E-state index in [1.54, 1.807) is 0 Å². The minimum absolute atomic E-state index is 0.440. The van der Waals surface area contributed by atoms with E-state index >= 15 is 0 Å². The van der Waals surface area contributed by atoms with Gasteiger partial charge in [-0.15, -0.1) is 11.8 Å². The van der Waals surface area contributed by atoms with Crippen molar-refractivity contribution in [3.8, 4) is 0 Å². The third-order valence-electron chi connectivity index (χ3n) is 5.13. The monoisotopic (exact) mass is 339 g/mol. The first-order valence-corrected chi connectivity index (χ1v) is 10.3. The number of hydrogen-bond donors (Lipinski definition) is 0. The molecule has 2 aliphatic heterocycles. The molecule has 1 atom stereocenters. The molecule has 24 heavy (non-hydrogen) atoms. The second-order valence-electron chi connectivity index (χ2n) is 6.65. The van der Waals surface area contributed by atoms with E-state index in [-0.39, 0.29) is 0 Å². The number of benzene rings is 2. The number of piperidine rings is 1. The number of nitrogens with zero attached hydrogens (tertiary/aromatic N) is 1. The lowest BCUT2D eigenvalue weighted by molar-refractivity contribution is 0.156. The maximum absolute atomic E-state index is 2.71. The van der Waals surface area contributed by atoms with Gasteiger partial charge in [0.1, 0.15) is 0 Å². The van der Waals surface area contributed by atoms with E-state index in [2.05, 4.69) is 60.4 Å². The molecule has 2 heteroatoms. The number of hydrogen-bond acceptors (Lipinski definition) is 2. The van der Waals surface area contributed by atoms with Crippen molar-refractivity contribution in [3.63, 3.8) is 0 Å². The fraction of sp³-hybridized carbons (Fsp3) is 0.455. The van der Waals surface area contributed by atoms with E-state index in [4.69, 9.17) is 0 Å². The van der Waals surface area contributed by atoms with Gasteiger partial charge in [0.25, 0.3) is 0 Å². The van der Waals surface area contributed by atoms with E-state index in [1.165, 1.54) is 47.5 Å². The van der Waals surface area contributed by atoms with Gasteiger partial charge in [-0.25, -0.2) is 0 Å². The van der Waals surface area contributed by atoms with Crippen LogP contribution in [0.5, 0.6) is 0 Å². The highest BCUT2D eigenvalue weighted by atomic mass is 32.2. The van der Waals surface area contributed by atoms with Crippen molar-refractivity contribution in [1.29, 1.82) is 0 Å². The third-order valence-corrected chi connectivity index (χ3v) is 6.27. The molecule has 0 saturated carbocycles. The standard InChI is InChI=1S/C20H23NS.C2H6/c1-15-10-12-21(13-11-15)20-17-7-3-2-6-16(17)14-22-19-9-5-4-8-18(19)20;1-2/h2-9,15,20H,10-14H2,1H3;1-2H3. The van der Waals surface area contributed by atoms with Crippen LogP contribution in [0.2, 0.25) is 0 Å². The first-order valence-electron chi connectivity index (χ1n) is 9.36. The molecule has 4 rings (SSSR count). The smallest absolute Gasteiger partial charge is 0.0615 e. The maximum atomic E-state index is 2.71. The Morgan fingerprint density at radius 2 is 1.50 bits per heavy atom. The Balaban J connectivity index is 0.000000815. The summed E-state index contributed by atoms with van der Waals surface area (Å²) < 4.78 is 0. The van der Waals surface area contributed by atoms with Crippen LogP contribution in [0, 0.1) is 5.92 Å². The average molecular weight is 340 g/mol. The zero-order valence-corrected chi connectivity index (χ0v) is 16.0. The molecule has 128 valence electrons. The van der Waals surface area contributed by atoms with E-state index < -0.39 is 0 Å². The number of likely N-dealkylation sites (tertiary alicyclic amines) is 1. The van der Waals surface area contributed by atoms with Gasteiger partial charge in [0.05, 0.1) is 6.04 Å². The summed E-state index contributed by atoms with van der Waals surface area (Å²) in [5.41, 5.74) is 4.54. The van der Waals surface area contributed by atoms with Crippen molar-refractivity contribution >= 4 is 11.8 Å². The summed E-state index contributed by atoms with van der Waals surface area (Å²) in [6, 6.07) is 18.5. The van der Waals surface area contributed by atoms with Crippen LogP contribution in [-0.4, -0.2) is 18.0 Å². The Morgan fingerprint density at radius 3 is 2.25 bits per heavy atom. The van der Waals surface area contributed by atoms with E-state index in [0.29, 0.717) is 6.04 Å². The van der Waals surface area contributed by atoms with Crippen LogP contribution in [-0.2, 0) is 5.75 Å². The summed E-state index contributed by atoms with van der Waals surface area (Å²) in [7, 11) is 0. The zero-order chi connectivity index (χ0) is 16.9. The third kappa shape index (κ3) is 3.55. The highest BCUT2D eigenvalue weighted by molar-refractivity contribution is 7.98. The maximum Gasteiger partial charge on any atom is 0.0615 e. The Bertz CT molecular complexity index is 611. The minimum Gasteiger partial charge on any atom is -0.292 e. The predicted octanol–water partition coefficient (Wildman–Crippen LogP) is 6.14. The second-order valence-corrected chi connectivity index (χ2v) is 7.66. The van der Waals surface area contributed by atoms with Crippen LogP contribution in [0.3, 0.4) is 0 Å². The van der Waals surface area contributed by atoms with Crippen LogP contribution in [0.4, 0.5) is 0 Å². The first-order chi connectivity index (χ1) is 11.8. The van der Waals surface area contributed by atoms with Gasteiger partial charge in [-0.2, -0.15) is 0 Å². The Hall–Kier alpha value is -1.25. The summed E-state index contributed by atoms with van der Waals surface area (Å²) in [6.07, 6.45) is 2.65. The molecule has 0 amide bonds. The lowest BCUT2D eigenvalue weighted by Gasteiger charge is -2.37. The fourth-order valence-corrected chi connectivity index (χ4v) is 4.87. The molecular weight excluding hydrogens is 310 g/mol. The van der Waals surface area contributed by atoms with Crippen LogP contribution in [0.15, 0.2) is 53.4 Å². The quantitative estimate of drug-likeness (QED) is 0.614. The molecule has 1 unspecified atom stereocenters. The minimum atomic E-state index is 0.440. The van der Waals surface area contributed by atoms with Crippen molar-refractivity contribution in [2.24, 2.45) is 5.92 Å². The molecule has 1 fully saturated rings. The highest BCUT2D eigenvalue weighted by Crippen LogP contribution is 2.43. The molecular formula is C22H29NS. The van der Waals surface area contributed by atoms with E-state index in [0.717, 1.165) is 11.7 Å². The Kier molecular flexibility index (Phi) is 6.02. The molecule has 2 aromatic carbocycles. The Morgan fingerprint density at radius 1 is 0.875 bits per heavy atom. The molecule has 2 aliphatic rings. The molecule has 0 spiro atoms. The van der Waals surface area contributed by atoms with Crippen LogP contribution >= 0.6 is 11.8 Å². The van der Waals surface area contributed by atoms with Gasteiger partial charge in [0.2, 0.25) is 0 Å². The molecule has 0 aliphatic carbocycles. The Labute approximate surface area is 151 Å². The summed E-state index contributed by atoms with van der Waals surface area (Å²) in [5.74, 6) is 1.97. The van der Waals surface area contributed by atoms with Crippen LogP contribution in [0.25, 0.3) is 0 Å². The lowest BCUT2D eigenvalue weighted by atomic mass is 9.90. The summed E-state index contributed by atoms with van der Waals surface area (Å²) >= 11 is 1.99. The number of thioether (sulfide) groups is 1. The van der Waals surface area contributed by atoms with Crippen LogP contribution < -0.4 is 0 Å². The molecule has 2 heterocycles. The predicted molar refractivity (Wildman–Crippen MR) is 106 cm³/mol. The normalized spacial score (nSPS) is 21.0. The summed E-state index contributed by atoms with van der Waals surface area (Å²) in [6.45, 7) is 8.83. The van der Waals surface area contributed by atoms with Crippen molar-refractivity contribution < 1.29 is 0 Å². The van der Waals surface area contributed by atoms with E-state index in [9.17, 15) is 0 Å². The fourth-order valence-electron chi connectivity index (χ4n) is 3.77. The topological polar surface area (TPSA) is 3.24 Å². The largest absolute Gasteiger partial charge is 0.292 e. The van der Waals surface area contributed by atoms with E-state index in [1.807, 2.05) is 25.6 Å². The van der Waals surface area contributed by atoms with Crippen molar-refractivity contribution in [3.05, 3.63) is 65.2 Å². The van der Waals surface area contributed by atoms with Crippen LogP contribution in [0.1, 0.15) is 56.3 Å². The first kappa shape index (κ1) is 17.6. The average Bonchev–Trinajstić information content (AvgIpc) is 2.81. The molecule has 0 N–H and O–H groups in total. The van der Waals surface area contributed by atoms with Crippen molar-refractivity contribution in [2.75, 3.05) is 13.1 Å². The van der Waals surface area contributed by atoms with Gasteiger partial charge < -0.3 is 0 Å². The summed E-state index contributed by atoms with van der Waals surface area (Å²) in [4.78, 5) is 4.17. The zero-order valence-electron chi connectivity index (χ0n) is 15.2. The second kappa shape index (κ2) is 8.22. The number of fused-ring (bicyclic) bond motifs is 2. The van der Waals surface area contributed by atoms with Gasteiger partial charge in [-0.05, 0) is 54.6 Å². The number of rotatable bonds is 1. The van der Waals surface area contributed by atoms with Gasteiger partial charge in [-0.1, -0.05) is 63.2 Å². The van der Waals surface area contributed by atoms with Gasteiger partial charge in [0, 0.05) is 10.6 Å². The summed E-state index contributed by atoms with van der Waals surface area (Å²) in [5, 5.41) is 0. The highest BCUT2D eigenvalue weighted by Gasteiger charge is 2.30. The molecule has 0 radical (unpaired) electrons. The van der Waals surface area contributed by atoms with Crippen molar-refractivity contribution in [2.45, 2.75) is 50.3 Å². The molecule has 0 aromatic heterocycles. The SMILES string of the molecule is CC.CC1CCN(C2c3ccccc3CSc3ccccc32)CC1. The van der Waals surface area contributed by atoms with Gasteiger partial charge in [0.15, 0.2) is 0 Å². The molecule has 1 nitrogen and oxygen atoms in total. The molecule has 2 aromatic rings. The van der Waals surface area contributed by atoms with Crippen molar-refractivity contribution in [1.82, 2.24) is 4.90 Å². The lowest BCUT2D eigenvalue weighted by Crippen LogP contribution is -2.37. The van der Waals surface area contributed by atoms with Gasteiger partial charge >= 0.3 is 0 Å².